The highest BCUT2D eigenvalue weighted by molar-refractivity contribution is 6.31. The van der Waals surface area contributed by atoms with Crippen LogP contribution in [0.3, 0.4) is 0 Å². The summed E-state index contributed by atoms with van der Waals surface area (Å²) in [4.78, 5) is 2.29. The lowest BCUT2D eigenvalue weighted by Crippen LogP contribution is -2.24. The average Bonchev–Trinajstić information content (AvgIpc) is 2.48. The van der Waals surface area contributed by atoms with Crippen molar-refractivity contribution in [3.8, 4) is 0 Å². The number of halogens is 1. The quantitative estimate of drug-likeness (QED) is 0.808. The third kappa shape index (κ3) is 3.99. The third-order valence-corrected chi connectivity index (χ3v) is 3.81. The zero-order chi connectivity index (χ0) is 15.2. The number of hydrogen-bond acceptors (Lipinski definition) is 2. The summed E-state index contributed by atoms with van der Waals surface area (Å²) >= 11 is 6.43. The van der Waals surface area contributed by atoms with Gasteiger partial charge in [0.05, 0.1) is 0 Å². The fourth-order valence-corrected chi connectivity index (χ4v) is 2.62. The summed E-state index contributed by atoms with van der Waals surface area (Å²) in [6.45, 7) is 8.12. The van der Waals surface area contributed by atoms with Crippen molar-refractivity contribution in [3.05, 3.63) is 59.1 Å². The molecule has 0 radical (unpaired) electrons. The fraction of sp³-hybridized carbons (Fsp3) is 0.333. The van der Waals surface area contributed by atoms with Crippen LogP contribution in [-0.2, 0) is 6.54 Å². The maximum absolute atomic E-state index is 6.43. The lowest BCUT2D eigenvalue weighted by Gasteiger charge is -2.27. The van der Waals surface area contributed by atoms with E-state index in [-0.39, 0.29) is 0 Å². The van der Waals surface area contributed by atoms with Crippen molar-refractivity contribution in [2.45, 2.75) is 33.4 Å². The lowest BCUT2D eigenvalue weighted by atomic mass is 10.1. The van der Waals surface area contributed by atoms with Gasteiger partial charge in [0, 0.05) is 41.1 Å². The molecule has 2 rings (SSSR count). The first-order chi connectivity index (χ1) is 10.1. The van der Waals surface area contributed by atoms with E-state index in [1.54, 1.807) is 0 Å². The minimum atomic E-state index is 0.431. The largest absolute Gasteiger partial charge is 0.341 e. The van der Waals surface area contributed by atoms with Gasteiger partial charge in [-0.25, -0.2) is 0 Å². The minimum absolute atomic E-state index is 0.431. The minimum Gasteiger partial charge on any atom is -0.341 e. The first-order valence-corrected chi connectivity index (χ1v) is 7.84. The Morgan fingerprint density at radius 2 is 1.76 bits per heavy atom. The van der Waals surface area contributed by atoms with Crippen LogP contribution in [0.4, 0.5) is 11.4 Å². The van der Waals surface area contributed by atoms with Crippen molar-refractivity contribution in [2.75, 3.05) is 11.4 Å². The number of benzene rings is 2. The normalized spacial score (nSPS) is 10.9. The highest BCUT2D eigenvalue weighted by Crippen LogP contribution is 2.32. The summed E-state index contributed by atoms with van der Waals surface area (Å²) in [6, 6.07) is 17.0. The van der Waals surface area contributed by atoms with Gasteiger partial charge >= 0.3 is 0 Å². The molecule has 0 unspecified atom stereocenters. The molecule has 0 aliphatic carbocycles. The zero-order valence-electron chi connectivity index (χ0n) is 12.9. The summed E-state index contributed by atoms with van der Waals surface area (Å²) in [7, 11) is 0. The fourth-order valence-electron chi connectivity index (χ4n) is 2.38. The Balaban J connectivity index is 2.39. The second-order valence-electron chi connectivity index (χ2n) is 5.35. The van der Waals surface area contributed by atoms with Crippen LogP contribution in [0.25, 0.3) is 0 Å². The first-order valence-electron chi connectivity index (χ1n) is 7.46. The summed E-state index contributed by atoms with van der Waals surface area (Å²) in [6.07, 6.45) is 0. The number of nitrogens with one attached hydrogen (secondary N) is 1. The van der Waals surface area contributed by atoms with Crippen LogP contribution < -0.4 is 10.2 Å². The van der Waals surface area contributed by atoms with E-state index < -0.39 is 0 Å². The zero-order valence-corrected chi connectivity index (χ0v) is 13.7. The van der Waals surface area contributed by atoms with E-state index in [0.29, 0.717) is 6.04 Å². The molecule has 0 atom stereocenters. The van der Waals surface area contributed by atoms with Gasteiger partial charge in [0.15, 0.2) is 0 Å². The van der Waals surface area contributed by atoms with E-state index in [1.807, 2.05) is 18.2 Å². The molecule has 2 aromatic carbocycles. The average molecular weight is 303 g/mol. The smallest absolute Gasteiger partial charge is 0.0471 e. The highest BCUT2D eigenvalue weighted by Gasteiger charge is 2.14. The highest BCUT2D eigenvalue weighted by atomic mass is 35.5. The maximum Gasteiger partial charge on any atom is 0.0471 e. The molecule has 0 spiro atoms. The molecule has 0 aliphatic rings. The number of hydrogen-bond donors (Lipinski definition) is 1. The van der Waals surface area contributed by atoms with Crippen LogP contribution in [0.5, 0.6) is 0 Å². The number of anilines is 2. The van der Waals surface area contributed by atoms with Gasteiger partial charge in [-0.2, -0.15) is 0 Å². The van der Waals surface area contributed by atoms with Gasteiger partial charge in [-0.3, -0.25) is 0 Å². The lowest BCUT2D eigenvalue weighted by molar-refractivity contribution is 0.589. The van der Waals surface area contributed by atoms with Crippen LogP contribution in [0.1, 0.15) is 26.3 Å². The van der Waals surface area contributed by atoms with E-state index in [0.717, 1.165) is 23.7 Å². The topological polar surface area (TPSA) is 15.3 Å². The molecule has 0 heterocycles. The molecular weight excluding hydrogens is 280 g/mol. The van der Waals surface area contributed by atoms with E-state index in [1.165, 1.54) is 11.4 Å². The second-order valence-corrected chi connectivity index (χ2v) is 5.76. The molecule has 0 fully saturated rings. The van der Waals surface area contributed by atoms with Gasteiger partial charge in [-0.15, -0.1) is 0 Å². The van der Waals surface area contributed by atoms with Gasteiger partial charge in [0.1, 0.15) is 0 Å². The van der Waals surface area contributed by atoms with Crippen molar-refractivity contribution in [2.24, 2.45) is 0 Å². The van der Waals surface area contributed by atoms with Crippen LogP contribution in [0.15, 0.2) is 48.5 Å². The maximum atomic E-state index is 6.43. The van der Waals surface area contributed by atoms with Crippen molar-refractivity contribution in [1.82, 2.24) is 5.32 Å². The van der Waals surface area contributed by atoms with Crippen LogP contribution in [0, 0.1) is 0 Å². The van der Waals surface area contributed by atoms with E-state index in [2.05, 4.69) is 61.3 Å². The molecule has 3 heteroatoms. The summed E-state index contributed by atoms with van der Waals surface area (Å²) < 4.78 is 0. The van der Waals surface area contributed by atoms with Gasteiger partial charge in [-0.1, -0.05) is 49.7 Å². The predicted molar refractivity (Wildman–Crippen MR) is 92.5 cm³/mol. The molecule has 112 valence electrons. The summed E-state index contributed by atoms with van der Waals surface area (Å²) in [5, 5.41) is 4.28. The van der Waals surface area contributed by atoms with E-state index in [9.17, 15) is 0 Å². The van der Waals surface area contributed by atoms with Crippen molar-refractivity contribution < 1.29 is 0 Å². The Hall–Kier alpha value is -1.51. The Kier molecular flexibility index (Phi) is 5.66. The van der Waals surface area contributed by atoms with Crippen molar-refractivity contribution >= 4 is 23.0 Å². The number of nitrogens with zero attached hydrogens (tertiary/aromatic N) is 1. The molecule has 0 aliphatic heterocycles. The monoisotopic (exact) mass is 302 g/mol. The molecule has 1 N–H and O–H groups in total. The SMILES string of the molecule is CCN(c1ccccc1)c1cccc(Cl)c1CNC(C)C. The van der Waals surface area contributed by atoms with E-state index >= 15 is 0 Å². The van der Waals surface area contributed by atoms with Crippen molar-refractivity contribution in [1.29, 1.82) is 0 Å². The second kappa shape index (κ2) is 7.48. The molecule has 0 saturated carbocycles. The van der Waals surface area contributed by atoms with Crippen molar-refractivity contribution in [3.63, 3.8) is 0 Å². The first kappa shape index (κ1) is 15.9. The number of rotatable bonds is 6. The van der Waals surface area contributed by atoms with Crippen LogP contribution >= 0.6 is 11.6 Å². The molecule has 0 bridgehead atoms. The Bertz CT molecular complexity index is 567. The number of para-hydroxylation sites is 1. The van der Waals surface area contributed by atoms with E-state index in [4.69, 9.17) is 11.6 Å². The predicted octanol–water partition coefficient (Wildman–Crippen LogP) is 5.00. The summed E-state index contributed by atoms with van der Waals surface area (Å²) in [5.74, 6) is 0. The van der Waals surface area contributed by atoms with Gasteiger partial charge in [-0.05, 0) is 31.2 Å². The van der Waals surface area contributed by atoms with Crippen LogP contribution in [-0.4, -0.2) is 12.6 Å². The van der Waals surface area contributed by atoms with Crippen LogP contribution in [0.2, 0.25) is 5.02 Å². The third-order valence-electron chi connectivity index (χ3n) is 3.46. The molecule has 0 saturated heterocycles. The Morgan fingerprint density at radius 3 is 2.38 bits per heavy atom. The van der Waals surface area contributed by atoms with Gasteiger partial charge in [0.25, 0.3) is 0 Å². The molecule has 21 heavy (non-hydrogen) atoms. The standard InChI is InChI=1S/C18H23ClN2/c1-4-21(15-9-6-5-7-10-15)18-12-8-11-17(19)16(18)13-20-14(2)3/h5-12,14,20H,4,13H2,1-3H3. The Labute approximate surface area is 132 Å². The van der Waals surface area contributed by atoms with Gasteiger partial charge < -0.3 is 10.2 Å². The molecule has 0 aromatic heterocycles. The molecule has 2 aromatic rings. The summed E-state index contributed by atoms with van der Waals surface area (Å²) in [5.41, 5.74) is 3.51. The molecule has 0 amide bonds. The Morgan fingerprint density at radius 1 is 1.05 bits per heavy atom. The molecule has 2 nitrogen and oxygen atoms in total. The van der Waals surface area contributed by atoms with Gasteiger partial charge in [0.2, 0.25) is 0 Å². The molecular formula is C18H23ClN2.